The van der Waals surface area contributed by atoms with E-state index in [0.29, 0.717) is 29.0 Å². The van der Waals surface area contributed by atoms with Crippen LogP contribution in [0.4, 0.5) is 11.4 Å². The molecule has 1 amide bonds. The van der Waals surface area contributed by atoms with Crippen molar-refractivity contribution in [2.24, 2.45) is 0 Å². The molecule has 5 rings (SSSR count). The number of anilines is 2. The number of amides is 1. The van der Waals surface area contributed by atoms with Crippen LogP contribution in [0.3, 0.4) is 0 Å². The zero-order valence-electron chi connectivity index (χ0n) is 19.6. The Morgan fingerprint density at radius 2 is 1.51 bits per heavy atom. The Labute approximate surface area is 212 Å². The molecule has 1 aliphatic heterocycles. The number of aromatic nitrogens is 3. The van der Waals surface area contributed by atoms with Gasteiger partial charge in [0.2, 0.25) is 5.91 Å². The van der Waals surface area contributed by atoms with E-state index in [1.165, 1.54) is 11.8 Å². The monoisotopic (exact) mass is 504 g/mol. The summed E-state index contributed by atoms with van der Waals surface area (Å²) in [5, 5.41) is 9.51. The highest BCUT2D eigenvalue weighted by Crippen LogP contribution is 2.48. The van der Waals surface area contributed by atoms with Crippen LogP contribution in [0.15, 0.2) is 81.7 Å². The number of thioether (sulfide) groups is 1. The van der Waals surface area contributed by atoms with Gasteiger partial charge in [-0.3, -0.25) is 9.69 Å². The number of nitrogens with zero attached hydrogens (tertiary/aromatic N) is 4. The molecule has 0 saturated carbocycles. The summed E-state index contributed by atoms with van der Waals surface area (Å²) in [5.41, 5.74) is 2.65. The highest BCUT2D eigenvalue weighted by atomic mass is 32.2. The summed E-state index contributed by atoms with van der Waals surface area (Å²) < 4.78 is 12.8. The lowest BCUT2D eigenvalue weighted by Crippen LogP contribution is -2.30. The number of fused-ring (bicyclic) bond motifs is 2. The molecule has 0 radical (unpaired) electrons. The third-order valence-electron chi connectivity index (χ3n) is 5.65. The van der Waals surface area contributed by atoms with Crippen LogP contribution in [0.5, 0.6) is 11.5 Å². The van der Waals surface area contributed by atoms with Gasteiger partial charge >= 0.3 is 0 Å². The maximum Gasteiger partial charge on any atom is 0.242 e. The molecule has 9 heteroatoms. The highest BCUT2D eigenvalue weighted by molar-refractivity contribution is 8.00. The summed E-state index contributed by atoms with van der Waals surface area (Å²) in [7, 11) is 3.23. The number of carbonyl (C=O) groups is 1. The fourth-order valence-corrected chi connectivity index (χ4v) is 5.90. The highest BCUT2D eigenvalue weighted by Gasteiger charge is 2.28. The Hall–Kier alpha value is -3.43. The molecule has 178 valence electrons. The first-order valence-electron chi connectivity index (χ1n) is 11.1. The Kier molecular flexibility index (Phi) is 6.70. The topological polar surface area (TPSA) is 69.5 Å². The largest absolute Gasteiger partial charge is 0.497 e. The maximum absolute atomic E-state index is 13.5. The fourth-order valence-electron chi connectivity index (χ4n) is 3.99. The predicted octanol–water partition coefficient (Wildman–Crippen LogP) is 5.90. The van der Waals surface area contributed by atoms with Crippen molar-refractivity contribution in [2.45, 2.75) is 28.4 Å². The van der Waals surface area contributed by atoms with Crippen molar-refractivity contribution in [3.8, 4) is 22.9 Å². The molecule has 3 aromatic carbocycles. The molecular weight excluding hydrogens is 480 g/mol. The van der Waals surface area contributed by atoms with E-state index >= 15 is 0 Å². The molecule has 0 bridgehead atoms. The van der Waals surface area contributed by atoms with E-state index in [1.54, 1.807) is 26.0 Å². The number of methoxy groups -OCH3 is 2. The molecule has 4 aromatic rings. The van der Waals surface area contributed by atoms with E-state index in [9.17, 15) is 4.79 Å². The molecular formula is C26H24N4O3S2. The van der Waals surface area contributed by atoms with E-state index in [1.807, 2.05) is 83.1 Å². The molecule has 0 fully saturated rings. The Bertz CT molecular complexity index is 1320. The van der Waals surface area contributed by atoms with Gasteiger partial charge in [-0.2, -0.15) is 0 Å². The van der Waals surface area contributed by atoms with Crippen LogP contribution in [0.2, 0.25) is 0 Å². The van der Waals surface area contributed by atoms with Crippen LogP contribution < -0.4 is 14.4 Å². The van der Waals surface area contributed by atoms with Crippen LogP contribution in [0.1, 0.15) is 6.92 Å². The third kappa shape index (κ3) is 4.49. The lowest BCUT2D eigenvalue weighted by molar-refractivity contribution is -0.115. The van der Waals surface area contributed by atoms with E-state index in [0.717, 1.165) is 26.7 Å². The van der Waals surface area contributed by atoms with Crippen LogP contribution in [-0.4, -0.2) is 40.6 Å². The van der Waals surface area contributed by atoms with Crippen molar-refractivity contribution < 1.29 is 14.3 Å². The molecule has 0 aliphatic carbocycles. The number of carbonyl (C=O) groups excluding carboxylic acids is 1. The molecule has 1 aliphatic rings. The van der Waals surface area contributed by atoms with Gasteiger partial charge < -0.3 is 14.0 Å². The van der Waals surface area contributed by atoms with Gasteiger partial charge in [0.25, 0.3) is 0 Å². The van der Waals surface area contributed by atoms with E-state index in [2.05, 4.69) is 10.2 Å². The average molecular weight is 505 g/mol. The van der Waals surface area contributed by atoms with Gasteiger partial charge in [0, 0.05) is 28.0 Å². The Morgan fingerprint density at radius 1 is 0.914 bits per heavy atom. The smallest absolute Gasteiger partial charge is 0.242 e. The minimum atomic E-state index is -0.00884. The van der Waals surface area contributed by atoms with Crippen LogP contribution >= 0.6 is 23.5 Å². The van der Waals surface area contributed by atoms with E-state index in [4.69, 9.17) is 9.47 Å². The zero-order valence-corrected chi connectivity index (χ0v) is 21.2. The number of rotatable bonds is 7. The van der Waals surface area contributed by atoms with Gasteiger partial charge in [-0.05, 0) is 43.3 Å². The normalized spacial score (nSPS) is 12.1. The number of hydrogen-bond acceptors (Lipinski definition) is 7. The van der Waals surface area contributed by atoms with Crippen molar-refractivity contribution in [3.05, 3.63) is 66.7 Å². The van der Waals surface area contributed by atoms with Gasteiger partial charge in [0.05, 0.1) is 31.3 Å². The summed E-state index contributed by atoms with van der Waals surface area (Å²) in [6.07, 6.45) is 0. The third-order valence-corrected chi connectivity index (χ3v) is 7.73. The van der Waals surface area contributed by atoms with Crippen LogP contribution in [0, 0.1) is 0 Å². The number of benzene rings is 3. The summed E-state index contributed by atoms with van der Waals surface area (Å²) >= 11 is 3.07. The minimum Gasteiger partial charge on any atom is -0.497 e. The number of ether oxygens (including phenoxy) is 2. The van der Waals surface area contributed by atoms with Gasteiger partial charge in [-0.15, -0.1) is 10.2 Å². The first-order valence-corrected chi connectivity index (χ1v) is 12.9. The molecule has 0 unspecified atom stereocenters. The predicted molar refractivity (Wildman–Crippen MR) is 139 cm³/mol. The van der Waals surface area contributed by atoms with Crippen LogP contribution in [-0.2, 0) is 11.3 Å². The molecule has 35 heavy (non-hydrogen) atoms. The van der Waals surface area contributed by atoms with Gasteiger partial charge in [-0.25, -0.2) is 0 Å². The second kappa shape index (κ2) is 10.1. The molecule has 0 atom stereocenters. The van der Waals surface area contributed by atoms with Crippen molar-refractivity contribution in [1.29, 1.82) is 0 Å². The molecule has 2 heterocycles. The molecule has 0 N–H and O–H groups in total. The lowest BCUT2D eigenvalue weighted by Gasteiger charge is -2.30. The molecule has 0 saturated heterocycles. The first kappa shape index (κ1) is 23.3. The van der Waals surface area contributed by atoms with Gasteiger partial charge in [-0.1, -0.05) is 47.8 Å². The first-order chi connectivity index (χ1) is 17.1. The Balaban J connectivity index is 1.42. The quantitative estimate of drug-likeness (QED) is 0.290. The SMILES string of the molecule is CCn1c(SCC(=O)N2c3ccccc3Sc3ccccc32)nnc1-c1cc(OC)cc(OC)c1. The Morgan fingerprint density at radius 3 is 2.09 bits per heavy atom. The lowest BCUT2D eigenvalue weighted by atomic mass is 10.2. The van der Waals surface area contributed by atoms with Gasteiger partial charge in [0.15, 0.2) is 11.0 Å². The van der Waals surface area contributed by atoms with Crippen molar-refractivity contribution in [1.82, 2.24) is 14.8 Å². The molecule has 1 aromatic heterocycles. The summed E-state index contributed by atoms with van der Waals surface area (Å²) in [6.45, 7) is 2.69. The van der Waals surface area contributed by atoms with Crippen molar-refractivity contribution in [2.75, 3.05) is 24.9 Å². The minimum absolute atomic E-state index is 0.00884. The summed E-state index contributed by atoms with van der Waals surface area (Å²) in [6, 6.07) is 21.6. The molecule has 0 spiro atoms. The second-order valence-electron chi connectivity index (χ2n) is 7.71. The maximum atomic E-state index is 13.5. The van der Waals surface area contributed by atoms with Crippen molar-refractivity contribution in [3.63, 3.8) is 0 Å². The molecule has 7 nitrogen and oxygen atoms in total. The standard InChI is InChI=1S/C26H24N4O3S2/c1-4-29-25(17-13-18(32-2)15-19(14-17)33-3)27-28-26(29)34-16-24(31)30-20-9-5-7-11-22(20)35-23-12-8-6-10-21(23)30/h5-15H,4,16H2,1-3H3. The van der Waals surface area contributed by atoms with E-state index < -0.39 is 0 Å². The number of para-hydroxylation sites is 2. The van der Waals surface area contributed by atoms with Gasteiger partial charge in [0.1, 0.15) is 11.5 Å². The second-order valence-corrected chi connectivity index (χ2v) is 9.73. The average Bonchev–Trinajstić information content (AvgIpc) is 3.32. The zero-order chi connectivity index (χ0) is 24.4. The summed E-state index contributed by atoms with van der Waals surface area (Å²) in [5.74, 6) is 2.27. The fraction of sp³-hybridized carbons (Fsp3) is 0.192. The van der Waals surface area contributed by atoms with E-state index in [-0.39, 0.29) is 11.7 Å². The number of hydrogen-bond donors (Lipinski definition) is 0. The van der Waals surface area contributed by atoms with Crippen LogP contribution in [0.25, 0.3) is 11.4 Å². The summed E-state index contributed by atoms with van der Waals surface area (Å²) in [4.78, 5) is 17.5. The van der Waals surface area contributed by atoms with Crippen molar-refractivity contribution >= 4 is 40.8 Å².